The Bertz CT molecular complexity index is 746. The van der Waals surface area contributed by atoms with E-state index in [4.69, 9.17) is 16.3 Å². The van der Waals surface area contributed by atoms with Gasteiger partial charge in [0.2, 0.25) is 5.90 Å². The smallest absolute Gasteiger partial charge is 0.219 e. The molecule has 4 nitrogen and oxygen atoms in total. The number of thioether (sulfide) groups is 1. The minimum absolute atomic E-state index is 0.0926. The Morgan fingerprint density at radius 3 is 2.50 bits per heavy atom. The average Bonchev–Trinajstić information content (AvgIpc) is 3.09. The molecule has 2 aromatic carbocycles. The second-order valence-electron chi connectivity index (χ2n) is 4.88. The molecule has 0 saturated heterocycles. The third kappa shape index (κ3) is 2.69. The van der Waals surface area contributed by atoms with Crippen LogP contribution in [0, 0.1) is 0 Å². The summed E-state index contributed by atoms with van der Waals surface area (Å²) in [4.78, 5) is 9.12. The molecule has 2 unspecified atom stereocenters. The summed E-state index contributed by atoms with van der Waals surface area (Å²) < 4.78 is 5.90. The molecule has 0 aliphatic carbocycles. The van der Waals surface area contributed by atoms with E-state index in [0.29, 0.717) is 10.9 Å². The Hall–Kier alpha value is -1.98. The number of fused-ring (bicyclic) bond motifs is 1. The van der Waals surface area contributed by atoms with Crippen LogP contribution in [0.3, 0.4) is 0 Å². The minimum Gasteiger partial charge on any atom is -0.458 e. The van der Waals surface area contributed by atoms with Crippen LogP contribution < -0.4 is 5.32 Å². The van der Waals surface area contributed by atoms with Gasteiger partial charge in [-0.3, -0.25) is 0 Å². The fourth-order valence-electron chi connectivity index (χ4n) is 2.26. The summed E-state index contributed by atoms with van der Waals surface area (Å²) in [5, 5.41) is 4.78. The van der Waals surface area contributed by atoms with Crippen molar-refractivity contribution in [1.82, 2.24) is 0 Å². The van der Waals surface area contributed by atoms with Crippen LogP contribution in [0.15, 0.2) is 64.6 Å². The maximum atomic E-state index is 5.90. The van der Waals surface area contributed by atoms with Crippen molar-refractivity contribution in [3.05, 3.63) is 65.2 Å². The highest BCUT2D eigenvalue weighted by Gasteiger charge is 2.38. The predicted molar refractivity (Wildman–Crippen MR) is 91.7 cm³/mol. The van der Waals surface area contributed by atoms with Crippen molar-refractivity contribution < 1.29 is 4.74 Å². The lowest BCUT2D eigenvalue weighted by molar-refractivity contribution is 0.289. The third-order valence-electron chi connectivity index (χ3n) is 3.31. The van der Waals surface area contributed by atoms with Gasteiger partial charge < -0.3 is 10.1 Å². The van der Waals surface area contributed by atoms with Gasteiger partial charge in [0.25, 0.3) is 0 Å². The summed E-state index contributed by atoms with van der Waals surface area (Å²) in [7, 11) is 0. The highest BCUT2D eigenvalue weighted by atomic mass is 35.5. The zero-order chi connectivity index (χ0) is 14.9. The second-order valence-corrected chi connectivity index (χ2v) is 6.41. The fraction of sp³-hybridized carbons (Fsp3) is 0.125. The first-order valence-corrected chi connectivity index (χ1v) is 8.11. The molecule has 0 saturated carbocycles. The van der Waals surface area contributed by atoms with E-state index in [9.17, 15) is 0 Å². The molecule has 0 radical (unpaired) electrons. The molecule has 110 valence electrons. The Morgan fingerprint density at radius 2 is 1.77 bits per heavy atom. The van der Waals surface area contributed by atoms with Gasteiger partial charge in [0.05, 0.1) is 0 Å². The van der Waals surface area contributed by atoms with E-state index in [2.05, 4.69) is 15.3 Å². The third-order valence-corrected chi connectivity index (χ3v) is 4.57. The number of anilines is 1. The van der Waals surface area contributed by atoms with Crippen LogP contribution in [-0.2, 0) is 4.74 Å². The van der Waals surface area contributed by atoms with Crippen molar-refractivity contribution in [3.8, 4) is 0 Å². The van der Waals surface area contributed by atoms with E-state index < -0.39 is 0 Å². The van der Waals surface area contributed by atoms with Crippen molar-refractivity contribution in [2.24, 2.45) is 9.98 Å². The summed E-state index contributed by atoms with van der Waals surface area (Å²) in [6.45, 7) is 0. The molecule has 2 atom stereocenters. The lowest BCUT2D eigenvalue weighted by atomic mass is 10.2. The average molecular weight is 330 g/mol. The van der Waals surface area contributed by atoms with Crippen LogP contribution in [0.1, 0.15) is 5.56 Å². The first kappa shape index (κ1) is 13.7. The Labute approximate surface area is 137 Å². The predicted octanol–water partition coefficient (Wildman–Crippen LogP) is 3.98. The maximum Gasteiger partial charge on any atom is 0.219 e. The number of nitrogens with one attached hydrogen (secondary N) is 1. The molecule has 2 aliphatic rings. The Balaban J connectivity index is 1.49. The molecule has 4 rings (SSSR count). The molecule has 1 N–H and O–H groups in total. The quantitative estimate of drug-likeness (QED) is 0.906. The molecule has 0 spiro atoms. The van der Waals surface area contributed by atoms with Gasteiger partial charge in [0.15, 0.2) is 16.8 Å². The standard InChI is InChI=1S/C16H12ClN3OS/c17-11-6-8-12(9-7-11)18-16-20-13-15(22-16)21-14(19-13)10-4-2-1-3-5-10/h1-9,13,15H,(H,18,20). The van der Waals surface area contributed by atoms with Gasteiger partial charge in [0.1, 0.15) is 0 Å². The number of hydrogen-bond acceptors (Lipinski definition) is 5. The van der Waals surface area contributed by atoms with Crippen molar-refractivity contribution in [3.63, 3.8) is 0 Å². The zero-order valence-electron chi connectivity index (χ0n) is 11.4. The van der Waals surface area contributed by atoms with E-state index in [1.807, 2.05) is 54.6 Å². The highest BCUT2D eigenvalue weighted by Crippen LogP contribution is 2.34. The summed E-state index contributed by atoms with van der Waals surface area (Å²) >= 11 is 7.43. The van der Waals surface area contributed by atoms with Crippen molar-refractivity contribution >= 4 is 40.1 Å². The van der Waals surface area contributed by atoms with Crippen LogP contribution in [0.4, 0.5) is 5.69 Å². The van der Waals surface area contributed by atoms with E-state index in [0.717, 1.165) is 16.4 Å². The molecule has 0 bridgehead atoms. The van der Waals surface area contributed by atoms with Crippen LogP contribution >= 0.6 is 23.4 Å². The first-order valence-electron chi connectivity index (χ1n) is 6.85. The molecule has 2 heterocycles. The molecule has 6 heteroatoms. The SMILES string of the molecule is Clc1ccc(NC2=NC3N=C(c4ccccc4)OC3S2)cc1. The number of ether oxygens (including phenoxy) is 1. The van der Waals surface area contributed by atoms with Crippen LogP contribution in [0.25, 0.3) is 0 Å². The molecular weight excluding hydrogens is 318 g/mol. The van der Waals surface area contributed by atoms with Crippen LogP contribution in [0.5, 0.6) is 0 Å². The molecular formula is C16H12ClN3OS. The molecule has 0 fully saturated rings. The summed E-state index contributed by atoms with van der Waals surface area (Å²) in [6.07, 6.45) is -0.185. The van der Waals surface area contributed by atoms with Gasteiger partial charge in [-0.25, -0.2) is 9.98 Å². The molecule has 2 aliphatic heterocycles. The zero-order valence-corrected chi connectivity index (χ0v) is 13.0. The normalized spacial score (nSPS) is 22.6. The van der Waals surface area contributed by atoms with E-state index in [1.165, 1.54) is 0 Å². The van der Waals surface area contributed by atoms with Crippen LogP contribution in [0.2, 0.25) is 5.02 Å². The van der Waals surface area contributed by atoms with Gasteiger partial charge in [0, 0.05) is 16.3 Å². The number of benzene rings is 2. The Morgan fingerprint density at radius 1 is 1.00 bits per heavy atom. The summed E-state index contributed by atoms with van der Waals surface area (Å²) in [5.74, 6) is 0.664. The number of halogens is 1. The number of aliphatic imine (C=N–C) groups is 2. The lowest BCUT2D eigenvalue weighted by Crippen LogP contribution is -2.13. The fourth-order valence-corrected chi connectivity index (χ4v) is 3.33. The number of nitrogens with zero attached hydrogens (tertiary/aromatic N) is 2. The van der Waals surface area contributed by atoms with Crippen molar-refractivity contribution in [2.45, 2.75) is 11.6 Å². The minimum atomic E-state index is -0.185. The van der Waals surface area contributed by atoms with Gasteiger partial charge in [-0.15, -0.1) is 0 Å². The van der Waals surface area contributed by atoms with Crippen molar-refractivity contribution in [1.29, 1.82) is 0 Å². The molecule has 2 aromatic rings. The van der Waals surface area contributed by atoms with Gasteiger partial charge in [-0.1, -0.05) is 29.8 Å². The molecule has 22 heavy (non-hydrogen) atoms. The van der Waals surface area contributed by atoms with Gasteiger partial charge >= 0.3 is 0 Å². The van der Waals surface area contributed by atoms with Gasteiger partial charge in [-0.2, -0.15) is 0 Å². The first-order chi connectivity index (χ1) is 10.8. The van der Waals surface area contributed by atoms with E-state index in [-0.39, 0.29) is 11.6 Å². The number of amidine groups is 1. The molecule has 0 aromatic heterocycles. The van der Waals surface area contributed by atoms with E-state index in [1.54, 1.807) is 11.8 Å². The maximum absolute atomic E-state index is 5.90. The summed E-state index contributed by atoms with van der Waals surface area (Å²) in [5.41, 5.74) is 1.84. The number of rotatable bonds is 2. The second kappa shape index (κ2) is 5.66. The van der Waals surface area contributed by atoms with Gasteiger partial charge in [-0.05, 0) is 48.2 Å². The largest absolute Gasteiger partial charge is 0.458 e. The summed E-state index contributed by atoms with van der Waals surface area (Å²) in [6, 6.07) is 17.4. The van der Waals surface area contributed by atoms with E-state index >= 15 is 0 Å². The lowest BCUT2D eigenvalue weighted by Gasteiger charge is -2.09. The highest BCUT2D eigenvalue weighted by molar-refractivity contribution is 8.14. The molecule has 0 amide bonds. The van der Waals surface area contributed by atoms with Crippen LogP contribution in [-0.4, -0.2) is 22.7 Å². The number of hydrogen-bond donors (Lipinski definition) is 1. The Kier molecular flexibility index (Phi) is 3.52. The monoisotopic (exact) mass is 329 g/mol. The van der Waals surface area contributed by atoms with Crippen molar-refractivity contribution in [2.75, 3.05) is 5.32 Å². The topological polar surface area (TPSA) is 46.0 Å².